The standard InChI is InChI=1S/C16H20N2O5/c1-4-22-15(20)13(14(19)18-16(21)23-5-2)11(3)17-12-9-7-6-8-10-12/h6-10,17H,4-5H2,1-3H3,(H,18,19,21)/b13-11-. The summed E-state index contributed by atoms with van der Waals surface area (Å²) in [5, 5.41) is 4.92. The number of hydrogen-bond acceptors (Lipinski definition) is 6. The summed E-state index contributed by atoms with van der Waals surface area (Å²) in [6.07, 6.45) is -0.924. The lowest BCUT2D eigenvalue weighted by atomic mass is 10.2. The van der Waals surface area contributed by atoms with Crippen molar-refractivity contribution >= 4 is 23.7 Å². The molecule has 0 bridgehead atoms. The van der Waals surface area contributed by atoms with E-state index >= 15 is 0 Å². The molecule has 0 saturated heterocycles. The van der Waals surface area contributed by atoms with Crippen molar-refractivity contribution in [3.63, 3.8) is 0 Å². The molecule has 2 amide bonds. The zero-order valence-electron chi connectivity index (χ0n) is 13.3. The van der Waals surface area contributed by atoms with Crippen molar-refractivity contribution in [1.82, 2.24) is 5.32 Å². The lowest BCUT2D eigenvalue weighted by Gasteiger charge is -2.13. The highest BCUT2D eigenvalue weighted by Crippen LogP contribution is 2.13. The average molecular weight is 320 g/mol. The average Bonchev–Trinajstić information content (AvgIpc) is 2.48. The van der Waals surface area contributed by atoms with Crippen LogP contribution < -0.4 is 10.6 Å². The first-order chi connectivity index (χ1) is 11.0. The molecule has 0 spiro atoms. The van der Waals surface area contributed by atoms with Gasteiger partial charge in [-0.15, -0.1) is 0 Å². The number of ether oxygens (including phenoxy) is 2. The van der Waals surface area contributed by atoms with E-state index in [-0.39, 0.29) is 24.5 Å². The van der Waals surface area contributed by atoms with Gasteiger partial charge in [0.1, 0.15) is 5.57 Å². The number of carbonyl (C=O) groups is 3. The van der Waals surface area contributed by atoms with E-state index in [4.69, 9.17) is 4.74 Å². The first-order valence-electron chi connectivity index (χ1n) is 7.17. The van der Waals surface area contributed by atoms with Crippen LogP contribution in [0.1, 0.15) is 20.8 Å². The van der Waals surface area contributed by atoms with E-state index in [0.29, 0.717) is 5.69 Å². The number of amides is 2. The molecule has 0 fully saturated rings. The fourth-order valence-electron chi connectivity index (χ4n) is 1.74. The van der Waals surface area contributed by atoms with Crippen LogP contribution in [-0.2, 0) is 19.1 Å². The quantitative estimate of drug-likeness (QED) is 0.361. The first kappa shape index (κ1) is 18.2. The summed E-state index contributed by atoms with van der Waals surface area (Å²) in [7, 11) is 0. The maximum atomic E-state index is 12.2. The van der Waals surface area contributed by atoms with E-state index in [9.17, 15) is 14.4 Å². The summed E-state index contributed by atoms with van der Waals surface area (Å²) in [6, 6.07) is 8.99. The van der Waals surface area contributed by atoms with E-state index in [0.717, 1.165) is 0 Å². The molecule has 0 unspecified atom stereocenters. The molecule has 0 radical (unpaired) electrons. The number of imide groups is 1. The number of allylic oxidation sites excluding steroid dienone is 1. The number of benzene rings is 1. The van der Waals surface area contributed by atoms with Crippen molar-refractivity contribution in [3.05, 3.63) is 41.6 Å². The minimum absolute atomic E-state index is 0.105. The van der Waals surface area contributed by atoms with Crippen molar-refractivity contribution in [2.45, 2.75) is 20.8 Å². The molecule has 1 aromatic carbocycles. The van der Waals surface area contributed by atoms with Crippen LogP contribution in [0.15, 0.2) is 41.6 Å². The van der Waals surface area contributed by atoms with Gasteiger partial charge >= 0.3 is 12.1 Å². The van der Waals surface area contributed by atoms with Crippen LogP contribution in [0.3, 0.4) is 0 Å². The number of anilines is 1. The monoisotopic (exact) mass is 320 g/mol. The molecule has 0 aliphatic heterocycles. The Labute approximate surface area is 134 Å². The van der Waals surface area contributed by atoms with Crippen LogP contribution in [0.5, 0.6) is 0 Å². The Morgan fingerprint density at radius 3 is 2.17 bits per heavy atom. The highest BCUT2D eigenvalue weighted by atomic mass is 16.5. The van der Waals surface area contributed by atoms with Crippen LogP contribution in [0.4, 0.5) is 10.5 Å². The highest BCUT2D eigenvalue weighted by Gasteiger charge is 2.25. The second-order valence-electron chi connectivity index (χ2n) is 4.39. The molecular formula is C16H20N2O5. The number of carbonyl (C=O) groups excluding carboxylic acids is 3. The molecule has 7 heteroatoms. The summed E-state index contributed by atoms with van der Waals surface area (Å²) in [5.41, 5.74) is 0.663. The largest absolute Gasteiger partial charge is 0.462 e. The molecule has 0 aliphatic rings. The third kappa shape index (κ3) is 5.82. The minimum Gasteiger partial charge on any atom is -0.462 e. The summed E-state index contributed by atoms with van der Waals surface area (Å²) in [5.74, 6) is -1.71. The molecular weight excluding hydrogens is 300 g/mol. The van der Waals surface area contributed by atoms with Crippen molar-refractivity contribution < 1.29 is 23.9 Å². The van der Waals surface area contributed by atoms with Crippen molar-refractivity contribution in [1.29, 1.82) is 0 Å². The summed E-state index contributed by atoms with van der Waals surface area (Å²) >= 11 is 0. The lowest BCUT2D eigenvalue weighted by molar-refractivity contribution is -0.140. The molecule has 1 rings (SSSR count). The number of para-hydroxylation sites is 1. The first-order valence-corrected chi connectivity index (χ1v) is 7.17. The van der Waals surface area contributed by atoms with Gasteiger partial charge in [0.15, 0.2) is 0 Å². The fraction of sp³-hybridized carbons (Fsp3) is 0.312. The van der Waals surface area contributed by atoms with Gasteiger partial charge in [-0.2, -0.15) is 0 Å². The smallest absolute Gasteiger partial charge is 0.414 e. The van der Waals surface area contributed by atoms with Gasteiger partial charge in [-0.05, 0) is 32.9 Å². The third-order valence-electron chi connectivity index (χ3n) is 2.68. The zero-order valence-corrected chi connectivity index (χ0v) is 13.3. The van der Waals surface area contributed by atoms with Crippen LogP contribution in [-0.4, -0.2) is 31.2 Å². The Balaban J connectivity index is 3.03. The molecule has 2 N–H and O–H groups in total. The molecule has 1 aromatic rings. The number of esters is 1. The van der Waals surface area contributed by atoms with Gasteiger partial charge in [-0.1, -0.05) is 18.2 Å². The van der Waals surface area contributed by atoms with E-state index in [1.807, 2.05) is 11.4 Å². The fourth-order valence-corrected chi connectivity index (χ4v) is 1.74. The van der Waals surface area contributed by atoms with Gasteiger partial charge in [0, 0.05) is 11.4 Å². The normalized spacial score (nSPS) is 11.1. The Morgan fingerprint density at radius 2 is 1.61 bits per heavy atom. The summed E-state index contributed by atoms with van der Waals surface area (Å²) in [4.78, 5) is 35.6. The van der Waals surface area contributed by atoms with Gasteiger partial charge in [0.05, 0.1) is 13.2 Å². The Kier molecular flexibility index (Phi) is 7.32. The SMILES string of the molecule is CCOC(=O)NC(=O)/C(C(=O)OCC)=C(\C)Nc1ccccc1. The number of alkyl carbamates (subject to hydrolysis) is 1. The topological polar surface area (TPSA) is 93.7 Å². The maximum absolute atomic E-state index is 12.2. The molecule has 0 aliphatic carbocycles. The highest BCUT2D eigenvalue weighted by molar-refractivity contribution is 6.20. The van der Waals surface area contributed by atoms with Crippen LogP contribution in [0.25, 0.3) is 0 Å². The molecule has 0 saturated carbocycles. The van der Waals surface area contributed by atoms with Crippen molar-refractivity contribution in [2.75, 3.05) is 18.5 Å². The third-order valence-corrected chi connectivity index (χ3v) is 2.68. The lowest BCUT2D eigenvalue weighted by Crippen LogP contribution is -2.36. The van der Waals surface area contributed by atoms with Crippen molar-refractivity contribution in [3.8, 4) is 0 Å². The molecule has 124 valence electrons. The van der Waals surface area contributed by atoms with Crippen molar-refractivity contribution in [2.24, 2.45) is 0 Å². The number of nitrogens with one attached hydrogen (secondary N) is 2. The molecule has 0 aromatic heterocycles. The molecule has 0 atom stereocenters. The van der Waals surface area contributed by atoms with E-state index < -0.39 is 18.0 Å². The van der Waals surface area contributed by atoms with Gasteiger partial charge in [0.25, 0.3) is 5.91 Å². The molecule has 23 heavy (non-hydrogen) atoms. The van der Waals surface area contributed by atoms with Gasteiger partial charge < -0.3 is 14.8 Å². The second-order valence-corrected chi connectivity index (χ2v) is 4.39. The molecule has 7 nitrogen and oxygen atoms in total. The summed E-state index contributed by atoms with van der Waals surface area (Å²) < 4.78 is 9.51. The van der Waals surface area contributed by atoms with E-state index in [1.54, 1.807) is 45.0 Å². The Morgan fingerprint density at radius 1 is 1.00 bits per heavy atom. The second kappa shape index (κ2) is 9.24. The maximum Gasteiger partial charge on any atom is 0.414 e. The molecule has 0 heterocycles. The van der Waals surface area contributed by atoms with Crippen LogP contribution >= 0.6 is 0 Å². The van der Waals surface area contributed by atoms with E-state index in [1.165, 1.54) is 0 Å². The Hall–Kier alpha value is -2.83. The predicted octanol–water partition coefficient (Wildman–Crippen LogP) is 2.21. The van der Waals surface area contributed by atoms with Gasteiger partial charge in [0.2, 0.25) is 0 Å². The zero-order chi connectivity index (χ0) is 17.2. The van der Waals surface area contributed by atoms with Gasteiger partial charge in [-0.3, -0.25) is 10.1 Å². The Bertz CT molecular complexity index is 596. The number of rotatable bonds is 6. The van der Waals surface area contributed by atoms with Gasteiger partial charge in [-0.25, -0.2) is 9.59 Å². The van der Waals surface area contributed by atoms with E-state index in [2.05, 4.69) is 10.1 Å². The number of hydrogen-bond donors (Lipinski definition) is 2. The summed E-state index contributed by atoms with van der Waals surface area (Å²) in [6.45, 7) is 4.99. The predicted molar refractivity (Wildman–Crippen MR) is 84.6 cm³/mol. The van der Waals surface area contributed by atoms with Crippen LogP contribution in [0, 0.1) is 0 Å². The minimum atomic E-state index is -0.924. The van der Waals surface area contributed by atoms with Crippen LogP contribution in [0.2, 0.25) is 0 Å².